The molecular formula is C41H64N14O13. The third-order valence-corrected chi connectivity index (χ3v) is 10.0. The summed E-state index contributed by atoms with van der Waals surface area (Å²) in [5.41, 5.74) is 28.5. The maximum absolute atomic E-state index is 14.4. The molecule has 21 N–H and O–H groups in total. The van der Waals surface area contributed by atoms with E-state index in [1.807, 2.05) is 0 Å². The molecule has 1 aromatic heterocycles. The molecule has 0 saturated carbocycles. The third kappa shape index (κ3) is 20.3. The van der Waals surface area contributed by atoms with E-state index in [9.17, 15) is 53.4 Å². The summed E-state index contributed by atoms with van der Waals surface area (Å²) in [6, 6.07) is -3.67. The number of nitrogens with two attached hydrogens (primary N) is 5. The number of aliphatic hydroxyl groups excluding tert-OH is 1. The Morgan fingerprint density at radius 2 is 1.09 bits per heavy atom. The molecule has 0 aliphatic heterocycles. The second-order valence-corrected chi connectivity index (χ2v) is 16.1. The number of aliphatic carboxylic acids is 3. The van der Waals surface area contributed by atoms with Crippen LogP contribution in [0.3, 0.4) is 0 Å². The highest BCUT2D eigenvalue weighted by atomic mass is 16.4. The van der Waals surface area contributed by atoms with Crippen LogP contribution in [0.25, 0.3) is 10.9 Å². The number of aliphatic imine (C=N–C) groups is 2. The molecule has 6 amide bonds. The monoisotopic (exact) mass is 960 g/mol. The first-order chi connectivity index (χ1) is 32.0. The highest BCUT2D eigenvalue weighted by molar-refractivity contribution is 5.98. The number of aliphatic hydroxyl groups is 1. The zero-order valence-electron chi connectivity index (χ0n) is 37.7. The first-order valence-corrected chi connectivity index (χ1v) is 21.5. The fraction of sp³-hybridized carbons (Fsp3) is 0.537. The van der Waals surface area contributed by atoms with Crippen LogP contribution in [0, 0.1) is 5.92 Å². The Labute approximate surface area is 390 Å². The highest BCUT2D eigenvalue weighted by Gasteiger charge is 2.34. The van der Waals surface area contributed by atoms with Crippen molar-refractivity contribution in [3.8, 4) is 0 Å². The van der Waals surface area contributed by atoms with E-state index in [-0.39, 0.29) is 69.5 Å². The van der Waals surface area contributed by atoms with Crippen LogP contribution in [0.5, 0.6) is 0 Å². The van der Waals surface area contributed by atoms with Gasteiger partial charge >= 0.3 is 17.9 Å². The zero-order valence-corrected chi connectivity index (χ0v) is 37.7. The lowest BCUT2D eigenvalue weighted by Crippen LogP contribution is -2.60. The molecule has 2 aromatic rings. The predicted molar refractivity (Wildman–Crippen MR) is 245 cm³/mol. The fourth-order valence-electron chi connectivity index (χ4n) is 6.62. The lowest BCUT2D eigenvalue weighted by Gasteiger charge is -2.28. The molecule has 0 fully saturated rings. The first-order valence-electron chi connectivity index (χ1n) is 21.5. The van der Waals surface area contributed by atoms with Gasteiger partial charge < -0.3 is 86.0 Å². The molecule has 2 rings (SSSR count). The van der Waals surface area contributed by atoms with Gasteiger partial charge in [0.1, 0.15) is 36.3 Å². The molecule has 0 saturated heterocycles. The van der Waals surface area contributed by atoms with Gasteiger partial charge in [0.25, 0.3) is 0 Å². The molecule has 27 nitrogen and oxygen atoms in total. The smallest absolute Gasteiger partial charge is 0.326 e. The van der Waals surface area contributed by atoms with Gasteiger partial charge in [-0.15, -0.1) is 0 Å². The van der Waals surface area contributed by atoms with Crippen molar-refractivity contribution in [1.82, 2.24) is 36.9 Å². The van der Waals surface area contributed by atoms with Crippen molar-refractivity contribution in [3.63, 3.8) is 0 Å². The maximum Gasteiger partial charge on any atom is 0.326 e. The minimum absolute atomic E-state index is 0.00962. The van der Waals surface area contributed by atoms with Crippen LogP contribution in [0.1, 0.15) is 70.8 Å². The van der Waals surface area contributed by atoms with E-state index in [4.69, 9.17) is 38.9 Å². The number of carbonyl (C=O) groups is 9. The van der Waals surface area contributed by atoms with E-state index in [1.165, 1.54) is 0 Å². The van der Waals surface area contributed by atoms with E-state index in [0.717, 1.165) is 0 Å². The molecule has 7 atom stereocenters. The molecule has 0 radical (unpaired) electrons. The standard InChI is InChI=1S/C41H64N14O13/c1-20(2)15-28(36(64)51-26(10-6-14-48-41(45)46)34(62)52-27(39(67)68)11-12-31(57)58)53-37(65)29(16-21-18-49-24-8-4-3-7-22(21)24)54-38(66)30(19-56)55-35(63)25(9-5-13-47-40(43)44)50-33(61)23(42)17-32(59)60/h3-4,7-8,18,20,23,25-30,49,56H,5-6,9-17,19,42H2,1-2H3,(H,50,61)(H,51,64)(H,52,62)(H,53,65)(H,54,66)(H,55,63)(H,57,58)(H,59,60)(H,67,68)(H4,43,44,47)(H4,45,46,48)/t23-,25-,26-,27-,28-,29-,30-/m0/s1. The number of hydrogen-bond acceptors (Lipinski definition) is 13. The number of carboxylic acid groups (broad SMARTS) is 3. The van der Waals surface area contributed by atoms with Gasteiger partial charge in [0.15, 0.2) is 11.9 Å². The van der Waals surface area contributed by atoms with Gasteiger partial charge in [0.2, 0.25) is 35.4 Å². The number of fused-ring (bicyclic) bond motifs is 1. The maximum atomic E-state index is 14.4. The average Bonchev–Trinajstić information content (AvgIpc) is 3.66. The minimum atomic E-state index is -1.75. The number of benzene rings is 1. The van der Waals surface area contributed by atoms with Crippen LogP contribution in [-0.2, 0) is 49.6 Å². The second-order valence-electron chi connectivity index (χ2n) is 16.1. The lowest BCUT2D eigenvalue weighted by atomic mass is 10.00. The Kier molecular flexibility index (Phi) is 23.7. The molecular weight excluding hydrogens is 897 g/mol. The van der Waals surface area contributed by atoms with E-state index >= 15 is 0 Å². The number of rotatable bonds is 31. The van der Waals surface area contributed by atoms with Gasteiger partial charge in [-0.2, -0.15) is 0 Å². The quantitative estimate of drug-likeness (QED) is 0.0192. The predicted octanol–water partition coefficient (Wildman–Crippen LogP) is -4.48. The number of carboxylic acids is 3. The van der Waals surface area contributed by atoms with Crippen molar-refractivity contribution < 1.29 is 63.6 Å². The second kappa shape index (κ2) is 28.5. The number of amides is 6. The first kappa shape index (κ1) is 56.6. The van der Waals surface area contributed by atoms with E-state index in [0.29, 0.717) is 16.5 Å². The topological polar surface area (TPSA) is 477 Å². The molecule has 0 bridgehead atoms. The number of para-hydroxylation sites is 1. The number of nitrogens with zero attached hydrogens (tertiary/aromatic N) is 2. The summed E-state index contributed by atoms with van der Waals surface area (Å²) in [6.07, 6.45) is -0.520. The highest BCUT2D eigenvalue weighted by Crippen LogP contribution is 2.20. The molecule has 27 heteroatoms. The Bertz CT molecular complexity index is 2140. The van der Waals surface area contributed by atoms with Crippen molar-refractivity contribution in [3.05, 3.63) is 36.0 Å². The van der Waals surface area contributed by atoms with Crippen molar-refractivity contribution in [1.29, 1.82) is 0 Å². The van der Waals surface area contributed by atoms with E-state index < -0.39 is 122 Å². The van der Waals surface area contributed by atoms with Crippen LogP contribution < -0.4 is 60.6 Å². The van der Waals surface area contributed by atoms with Gasteiger partial charge in [-0.05, 0) is 56.1 Å². The Balaban J connectivity index is 2.48. The van der Waals surface area contributed by atoms with Gasteiger partial charge in [-0.1, -0.05) is 32.0 Å². The summed E-state index contributed by atoms with van der Waals surface area (Å²) in [5.74, 6) is -10.8. The molecule has 0 aliphatic carbocycles. The van der Waals surface area contributed by atoms with Crippen molar-refractivity contribution in [2.75, 3.05) is 19.7 Å². The van der Waals surface area contributed by atoms with Gasteiger partial charge in [0.05, 0.1) is 19.1 Å². The van der Waals surface area contributed by atoms with Crippen LogP contribution in [-0.4, -0.2) is 153 Å². The molecule has 0 spiro atoms. The van der Waals surface area contributed by atoms with Crippen molar-refractivity contribution in [2.24, 2.45) is 44.6 Å². The van der Waals surface area contributed by atoms with Crippen LogP contribution in [0.15, 0.2) is 40.4 Å². The lowest BCUT2D eigenvalue weighted by molar-refractivity contribution is -0.143. The van der Waals surface area contributed by atoms with Gasteiger partial charge in [0, 0.05) is 43.0 Å². The largest absolute Gasteiger partial charge is 0.481 e. The number of nitrogens with one attached hydrogen (secondary N) is 7. The summed E-state index contributed by atoms with van der Waals surface area (Å²) >= 11 is 0. The Morgan fingerprint density at radius 1 is 0.618 bits per heavy atom. The molecule has 68 heavy (non-hydrogen) atoms. The molecule has 376 valence electrons. The summed E-state index contributed by atoms with van der Waals surface area (Å²) in [6.45, 7) is 2.48. The van der Waals surface area contributed by atoms with Crippen LogP contribution >= 0.6 is 0 Å². The normalized spacial score (nSPS) is 14.1. The van der Waals surface area contributed by atoms with Gasteiger partial charge in [-0.3, -0.25) is 48.3 Å². The summed E-state index contributed by atoms with van der Waals surface area (Å²) < 4.78 is 0. The SMILES string of the molecule is CC(C)C[C@H](NC(=O)[C@H](Cc1c[nH]c2ccccc12)NC(=O)[C@H](CO)NC(=O)[C@H](CCCN=C(N)N)NC(=O)[C@@H](N)CC(=O)O)C(=O)N[C@@H](CCCN=C(N)N)C(=O)N[C@@H](CCC(=O)O)C(=O)O. The minimum Gasteiger partial charge on any atom is -0.481 e. The van der Waals surface area contributed by atoms with Crippen LogP contribution in [0.4, 0.5) is 0 Å². The van der Waals surface area contributed by atoms with E-state index in [1.54, 1.807) is 44.3 Å². The molecule has 0 aliphatic rings. The number of hydrogen-bond donors (Lipinski definition) is 16. The number of aromatic amines is 1. The number of aromatic nitrogens is 1. The Morgan fingerprint density at radius 3 is 1.60 bits per heavy atom. The summed E-state index contributed by atoms with van der Waals surface area (Å²) in [7, 11) is 0. The summed E-state index contributed by atoms with van der Waals surface area (Å²) in [4.78, 5) is 127. The Hall–Kier alpha value is -7.55. The summed E-state index contributed by atoms with van der Waals surface area (Å²) in [5, 5.41) is 53.5. The van der Waals surface area contributed by atoms with E-state index in [2.05, 4.69) is 46.9 Å². The molecule has 1 heterocycles. The number of H-pyrrole nitrogens is 1. The van der Waals surface area contributed by atoms with Crippen molar-refractivity contribution >= 4 is 76.2 Å². The fourth-order valence-corrected chi connectivity index (χ4v) is 6.62. The number of guanidine groups is 2. The van der Waals surface area contributed by atoms with Crippen LogP contribution in [0.2, 0.25) is 0 Å². The van der Waals surface area contributed by atoms with Gasteiger partial charge in [-0.25, -0.2) is 4.79 Å². The molecule has 1 aromatic carbocycles. The number of carbonyl (C=O) groups excluding carboxylic acids is 6. The average molecular weight is 961 g/mol. The zero-order chi connectivity index (χ0) is 51.1. The van der Waals surface area contributed by atoms with Crippen molar-refractivity contribution in [2.45, 2.75) is 114 Å². The third-order valence-electron chi connectivity index (χ3n) is 10.0. The molecule has 0 unspecified atom stereocenters.